The van der Waals surface area contributed by atoms with E-state index < -0.39 is 6.30 Å². The Balaban J connectivity index is 0.000000605. The Kier molecular flexibility index (Phi) is 1.09. The summed E-state index contributed by atoms with van der Waals surface area (Å²) in [6.07, 6.45) is 2.97. The minimum absolute atomic E-state index is 0. The van der Waals surface area contributed by atoms with Crippen LogP contribution in [0.15, 0.2) is 17.3 Å². The molecule has 0 bridgehead atoms. The molecule has 0 aliphatic carbocycles. The number of rotatable bonds is 0. The Bertz CT molecular complexity index is 344. The highest BCUT2D eigenvalue weighted by molar-refractivity contribution is 5.23. The largest absolute Gasteiger partial charge is 0.346 e. The van der Waals surface area contributed by atoms with Crippen molar-refractivity contribution in [1.29, 1.82) is 0 Å². The van der Waals surface area contributed by atoms with Crippen molar-refractivity contribution < 1.29 is 5.82 Å². The van der Waals surface area contributed by atoms with Crippen molar-refractivity contribution in [3.8, 4) is 0 Å². The Labute approximate surface area is 58.6 Å². The van der Waals surface area contributed by atoms with Crippen LogP contribution in [-0.4, -0.2) is 11.3 Å². The van der Waals surface area contributed by atoms with E-state index in [4.69, 9.17) is 0 Å². The second kappa shape index (κ2) is 1.94. The van der Waals surface area contributed by atoms with E-state index in [-0.39, 0.29) is 1.43 Å². The fourth-order valence-electron chi connectivity index (χ4n) is 1.07. The first-order chi connectivity index (χ1) is 4.86. The van der Waals surface area contributed by atoms with Gasteiger partial charge in [0.15, 0.2) is 6.30 Å². The standard InChI is InChI=1S/C7H7FN2.H2/c8-6-2-1-5-3-4-9-7(5)10-6;/h1,3-4,6H,2H2,(H,9,10);1H. The van der Waals surface area contributed by atoms with Gasteiger partial charge >= 0.3 is 0 Å². The summed E-state index contributed by atoms with van der Waals surface area (Å²) in [6.45, 7) is 0. The molecule has 1 aliphatic rings. The monoisotopic (exact) mass is 140 g/mol. The average molecular weight is 140 g/mol. The number of nitrogens with zero attached hydrogens (tertiary/aromatic N) is 1. The molecule has 1 aromatic rings. The average Bonchev–Trinajstić information content (AvgIpc) is 2.33. The van der Waals surface area contributed by atoms with Gasteiger partial charge in [-0.1, -0.05) is 6.08 Å². The van der Waals surface area contributed by atoms with E-state index in [1.54, 1.807) is 6.20 Å². The maximum absolute atomic E-state index is 12.5. The smallest absolute Gasteiger partial charge is 0.195 e. The van der Waals surface area contributed by atoms with Gasteiger partial charge in [0.1, 0.15) is 5.49 Å². The second-order valence-electron chi connectivity index (χ2n) is 2.29. The highest BCUT2D eigenvalue weighted by Gasteiger charge is 2.04. The zero-order valence-electron chi connectivity index (χ0n) is 5.34. The molecule has 2 heterocycles. The van der Waals surface area contributed by atoms with Crippen LogP contribution >= 0.6 is 0 Å². The molecule has 1 aromatic heterocycles. The van der Waals surface area contributed by atoms with Gasteiger partial charge in [-0.3, -0.25) is 0 Å². The fourth-order valence-corrected chi connectivity index (χ4v) is 1.07. The molecule has 0 fully saturated rings. The molecule has 54 valence electrons. The zero-order chi connectivity index (χ0) is 6.97. The normalized spacial score (nSPS) is 22.7. The molecule has 1 aliphatic heterocycles. The quantitative estimate of drug-likeness (QED) is 0.504. The maximum atomic E-state index is 12.5. The molecule has 0 aromatic carbocycles. The molecule has 2 rings (SSSR count). The van der Waals surface area contributed by atoms with Crippen LogP contribution in [0.2, 0.25) is 0 Å². The highest BCUT2D eigenvalue weighted by atomic mass is 19.1. The van der Waals surface area contributed by atoms with Crippen molar-refractivity contribution in [3.05, 3.63) is 23.0 Å². The molecule has 0 radical (unpaired) electrons. The van der Waals surface area contributed by atoms with Gasteiger partial charge in [0.05, 0.1) is 0 Å². The molecule has 3 heteroatoms. The van der Waals surface area contributed by atoms with Crippen molar-refractivity contribution in [3.63, 3.8) is 0 Å². The number of hydrogen-bond acceptors (Lipinski definition) is 1. The van der Waals surface area contributed by atoms with Crippen LogP contribution in [0.4, 0.5) is 4.39 Å². The van der Waals surface area contributed by atoms with Gasteiger partial charge in [-0.2, -0.15) is 0 Å². The number of halogens is 1. The predicted molar refractivity (Wildman–Crippen MR) is 37.7 cm³/mol. The van der Waals surface area contributed by atoms with E-state index in [1.807, 2.05) is 12.1 Å². The summed E-state index contributed by atoms with van der Waals surface area (Å²) >= 11 is 0. The first-order valence-electron chi connectivity index (χ1n) is 3.22. The number of aromatic nitrogens is 1. The lowest BCUT2D eigenvalue weighted by molar-refractivity contribution is 0.344. The van der Waals surface area contributed by atoms with Crippen molar-refractivity contribution >= 4 is 6.08 Å². The molecule has 1 unspecified atom stereocenters. The van der Waals surface area contributed by atoms with Crippen LogP contribution in [0.3, 0.4) is 0 Å². The van der Waals surface area contributed by atoms with Gasteiger partial charge in [-0.25, -0.2) is 9.38 Å². The lowest BCUT2D eigenvalue weighted by Crippen LogP contribution is -2.28. The number of aromatic amines is 1. The molecule has 0 saturated carbocycles. The summed E-state index contributed by atoms with van der Waals surface area (Å²) in [4.78, 5) is 6.60. The van der Waals surface area contributed by atoms with E-state index >= 15 is 0 Å². The van der Waals surface area contributed by atoms with Gasteiger partial charge in [0.25, 0.3) is 0 Å². The third-order valence-electron chi connectivity index (χ3n) is 1.56. The minimum atomic E-state index is -1.05. The molecule has 1 N–H and O–H groups in total. The second-order valence-corrected chi connectivity index (χ2v) is 2.29. The SMILES string of the molecule is FC1CC=c2cc[nH]c2=N1.[HH]. The molecule has 2 nitrogen and oxygen atoms in total. The van der Waals surface area contributed by atoms with E-state index in [0.29, 0.717) is 11.9 Å². The molecular weight excluding hydrogens is 131 g/mol. The van der Waals surface area contributed by atoms with E-state index in [0.717, 1.165) is 5.22 Å². The number of hydrogen-bond donors (Lipinski definition) is 1. The number of nitrogens with one attached hydrogen (secondary N) is 1. The summed E-state index contributed by atoms with van der Waals surface area (Å²) < 4.78 is 12.5. The summed E-state index contributed by atoms with van der Waals surface area (Å²) in [7, 11) is 0. The molecule has 0 spiro atoms. The van der Waals surface area contributed by atoms with Crippen molar-refractivity contribution in [2.24, 2.45) is 4.99 Å². The van der Waals surface area contributed by atoms with E-state index in [9.17, 15) is 4.39 Å². The Morgan fingerprint density at radius 2 is 2.70 bits per heavy atom. The van der Waals surface area contributed by atoms with Gasteiger partial charge in [0, 0.05) is 19.3 Å². The summed E-state index contributed by atoms with van der Waals surface area (Å²) in [5.41, 5.74) is 0.666. The molecule has 1 atom stereocenters. The Morgan fingerprint density at radius 3 is 3.60 bits per heavy atom. The molecule has 0 amide bonds. The first-order valence-corrected chi connectivity index (χ1v) is 3.22. The van der Waals surface area contributed by atoms with Gasteiger partial charge in [-0.15, -0.1) is 0 Å². The summed E-state index contributed by atoms with van der Waals surface area (Å²) in [6, 6.07) is 1.89. The number of H-pyrrole nitrogens is 1. The summed E-state index contributed by atoms with van der Waals surface area (Å²) in [5.74, 6) is 0. The maximum Gasteiger partial charge on any atom is 0.195 e. The van der Waals surface area contributed by atoms with Crippen molar-refractivity contribution in [2.45, 2.75) is 12.7 Å². The van der Waals surface area contributed by atoms with Crippen LogP contribution in [0.25, 0.3) is 6.08 Å². The van der Waals surface area contributed by atoms with Gasteiger partial charge in [0.2, 0.25) is 0 Å². The summed E-state index contributed by atoms with van der Waals surface area (Å²) in [5, 5.41) is 1.01. The topological polar surface area (TPSA) is 28.1 Å². The Morgan fingerprint density at radius 1 is 1.80 bits per heavy atom. The van der Waals surface area contributed by atoms with Crippen LogP contribution in [0.5, 0.6) is 0 Å². The fraction of sp³-hybridized carbons (Fsp3) is 0.286. The van der Waals surface area contributed by atoms with Crippen LogP contribution in [0.1, 0.15) is 7.85 Å². The van der Waals surface area contributed by atoms with Crippen molar-refractivity contribution in [1.82, 2.24) is 4.98 Å². The third kappa shape index (κ3) is 0.744. The lowest BCUT2D eigenvalue weighted by Gasteiger charge is -1.99. The lowest BCUT2D eigenvalue weighted by atomic mass is 10.3. The number of fused-ring (bicyclic) bond motifs is 1. The zero-order valence-corrected chi connectivity index (χ0v) is 5.34. The van der Waals surface area contributed by atoms with Crippen molar-refractivity contribution in [2.75, 3.05) is 0 Å². The predicted octanol–water partition coefficient (Wildman–Crippen LogP) is 0.360. The minimum Gasteiger partial charge on any atom is -0.346 e. The molecule has 0 saturated heterocycles. The van der Waals surface area contributed by atoms with E-state index in [2.05, 4.69) is 9.98 Å². The first kappa shape index (κ1) is 5.65. The van der Waals surface area contributed by atoms with E-state index in [1.165, 1.54) is 0 Å². The molecule has 10 heavy (non-hydrogen) atoms. The van der Waals surface area contributed by atoms with Gasteiger partial charge < -0.3 is 4.98 Å². The number of alkyl halides is 1. The van der Waals surface area contributed by atoms with Crippen LogP contribution < -0.4 is 10.7 Å². The third-order valence-corrected chi connectivity index (χ3v) is 1.56. The highest BCUT2D eigenvalue weighted by Crippen LogP contribution is 2.00. The van der Waals surface area contributed by atoms with Gasteiger partial charge in [-0.05, 0) is 6.07 Å². The molecular formula is C7H9FN2. The van der Waals surface area contributed by atoms with Crippen LogP contribution in [0, 0.1) is 0 Å². The van der Waals surface area contributed by atoms with Crippen LogP contribution in [-0.2, 0) is 0 Å². The Hall–Kier alpha value is -1.12.